The van der Waals surface area contributed by atoms with Gasteiger partial charge in [0, 0.05) is 25.6 Å². The van der Waals surface area contributed by atoms with Crippen molar-refractivity contribution in [3.63, 3.8) is 0 Å². The predicted molar refractivity (Wildman–Crippen MR) is 108 cm³/mol. The first-order valence-corrected chi connectivity index (χ1v) is 9.73. The second-order valence-electron chi connectivity index (χ2n) is 7.51. The summed E-state index contributed by atoms with van der Waals surface area (Å²) in [6, 6.07) is 16.0. The molecule has 1 aliphatic rings. The second kappa shape index (κ2) is 8.96. The van der Waals surface area contributed by atoms with Gasteiger partial charge in [-0.25, -0.2) is 0 Å². The van der Waals surface area contributed by atoms with Crippen LogP contribution < -0.4 is 5.73 Å². The zero-order chi connectivity index (χ0) is 19.2. The van der Waals surface area contributed by atoms with Crippen molar-refractivity contribution >= 4 is 11.7 Å². The minimum atomic E-state index is -0.0782. The van der Waals surface area contributed by atoms with E-state index in [9.17, 15) is 9.59 Å². The van der Waals surface area contributed by atoms with Crippen LogP contribution in [0.4, 0.5) is 0 Å². The summed E-state index contributed by atoms with van der Waals surface area (Å²) in [4.78, 5) is 25.8. The first-order valence-electron chi connectivity index (χ1n) is 9.73. The number of carbonyl (C=O) groups excluding carboxylic acids is 2. The average Bonchev–Trinajstić information content (AvgIpc) is 3.20. The highest BCUT2D eigenvalue weighted by Crippen LogP contribution is 2.29. The van der Waals surface area contributed by atoms with Gasteiger partial charge in [0.25, 0.3) is 0 Å². The topological polar surface area (TPSA) is 63.4 Å². The molecule has 3 rings (SSSR count). The molecule has 4 nitrogen and oxygen atoms in total. The molecule has 1 fully saturated rings. The third kappa shape index (κ3) is 5.04. The molecular formula is C23H28N2O2. The molecule has 1 saturated carbocycles. The van der Waals surface area contributed by atoms with Crippen LogP contribution in [0.25, 0.3) is 11.1 Å². The van der Waals surface area contributed by atoms with Gasteiger partial charge in [-0.3, -0.25) is 9.59 Å². The normalized spacial score (nSPS) is 14.3. The van der Waals surface area contributed by atoms with Crippen molar-refractivity contribution in [3.8, 4) is 11.1 Å². The number of carbonyl (C=O) groups is 2. The van der Waals surface area contributed by atoms with Gasteiger partial charge in [0.2, 0.25) is 5.91 Å². The molecule has 0 atom stereocenters. The summed E-state index contributed by atoms with van der Waals surface area (Å²) in [6.45, 7) is 0.550. The minimum Gasteiger partial charge on any atom is -0.340 e. The summed E-state index contributed by atoms with van der Waals surface area (Å²) in [5.74, 6) is 0.747. The summed E-state index contributed by atoms with van der Waals surface area (Å²) in [5.41, 5.74) is 9.42. The van der Waals surface area contributed by atoms with Crippen LogP contribution in [0.5, 0.6) is 0 Å². The third-order valence-electron chi connectivity index (χ3n) is 5.44. The van der Waals surface area contributed by atoms with E-state index < -0.39 is 0 Å². The lowest BCUT2D eigenvalue weighted by Gasteiger charge is -2.16. The third-order valence-corrected chi connectivity index (χ3v) is 5.44. The van der Waals surface area contributed by atoms with Crippen molar-refractivity contribution in [2.45, 2.75) is 38.6 Å². The summed E-state index contributed by atoms with van der Waals surface area (Å²) in [7, 11) is 1.76. The van der Waals surface area contributed by atoms with Crippen LogP contribution in [0.2, 0.25) is 0 Å². The number of benzene rings is 2. The molecule has 0 unspecified atom stereocenters. The van der Waals surface area contributed by atoms with Crippen molar-refractivity contribution in [2.75, 3.05) is 13.6 Å². The Morgan fingerprint density at radius 3 is 2.41 bits per heavy atom. The van der Waals surface area contributed by atoms with E-state index in [1.807, 2.05) is 42.5 Å². The summed E-state index contributed by atoms with van der Waals surface area (Å²) < 4.78 is 0. The number of hydrogen-bond donors (Lipinski definition) is 1. The molecule has 0 heterocycles. The smallest absolute Gasteiger partial charge is 0.236 e. The van der Waals surface area contributed by atoms with E-state index in [4.69, 9.17) is 5.73 Å². The number of Topliss-reactive ketones (excluding diaryl/α,β-unsaturated/α-hetero) is 1. The summed E-state index contributed by atoms with van der Waals surface area (Å²) in [5, 5.41) is 0. The van der Waals surface area contributed by atoms with Crippen molar-refractivity contribution in [1.82, 2.24) is 4.90 Å². The van der Waals surface area contributed by atoms with Gasteiger partial charge in [0.1, 0.15) is 0 Å². The number of likely N-dealkylation sites (N-methyl/N-ethyl adjacent to an activating group) is 1. The van der Waals surface area contributed by atoms with Crippen LogP contribution in [-0.4, -0.2) is 30.2 Å². The van der Waals surface area contributed by atoms with Gasteiger partial charge in [-0.15, -0.1) is 0 Å². The summed E-state index contributed by atoms with van der Waals surface area (Å²) in [6.07, 6.45) is 5.59. The number of nitrogens with zero attached hydrogens (tertiary/aromatic N) is 1. The fourth-order valence-electron chi connectivity index (χ4n) is 3.81. The molecule has 142 valence electrons. The minimum absolute atomic E-state index is 0.0204. The quantitative estimate of drug-likeness (QED) is 0.754. The highest BCUT2D eigenvalue weighted by Gasteiger charge is 2.19. The zero-order valence-corrected chi connectivity index (χ0v) is 16.0. The van der Waals surface area contributed by atoms with Gasteiger partial charge in [-0.1, -0.05) is 68.1 Å². The molecule has 0 spiro atoms. The Morgan fingerprint density at radius 2 is 1.74 bits per heavy atom. The lowest BCUT2D eigenvalue weighted by atomic mass is 9.95. The van der Waals surface area contributed by atoms with Crippen molar-refractivity contribution < 1.29 is 9.59 Å². The largest absolute Gasteiger partial charge is 0.340 e. The van der Waals surface area contributed by atoms with Gasteiger partial charge < -0.3 is 10.6 Å². The lowest BCUT2D eigenvalue weighted by molar-refractivity contribution is -0.128. The van der Waals surface area contributed by atoms with Crippen LogP contribution in [0.1, 0.15) is 48.0 Å². The second-order valence-corrected chi connectivity index (χ2v) is 7.51. The lowest BCUT2D eigenvalue weighted by Crippen LogP contribution is -2.32. The molecule has 0 bridgehead atoms. The molecule has 0 saturated heterocycles. The molecule has 0 aliphatic heterocycles. The van der Waals surface area contributed by atoms with E-state index >= 15 is 0 Å². The molecule has 0 radical (unpaired) electrons. The Morgan fingerprint density at radius 1 is 1.04 bits per heavy atom. The molecular weight excluding hydrogens is 336 g/mol. The van der Waals surface area contributed by atoms with E-state index in [1.54, 1.807) is 11.9 Å². The molecule has 4 heteroatoms. The van der Waals surface area contributed by atoms with E-state index in [-0.39, 0.29) is 18.2 Å². The first kappa shape index (κ1) is 19.3. The molecule has 1 amide bonds. The van der Waals surface area contributed by atoms with Crippen LogP contribution in [0, 0.1) is 5.92 Å². The maximum atomic E-state index is 12.5. The van der Waals surface area contributed by atoms with Crippen LogP contribution in [0.15, 0.2) is 48.5 Å². The fraction of sp³-hybridized carbons (Fsp3) is 0.391. The molecule has 2 aromatic rings. The Hall–Kier alpha value is -2.46. The standard InChI is InChI=1S/C23H28N2O2/c1-25(23(27)15-24)16-18-7-4-8-21(13-18)19-9-11-20(12-10-19)22(26)14-17-5-2-3-6-17/h4,7-13,17H,2-3,5-6,14-16,24H2,1H3. The van der Waals surface area contributed by atoms with Gasteiger partial charge in [0.15, 0.2) is 5.78 Å². The number of ketones is 1. The highest BCUT2D eigenvalue weighted by atomic mass is 16.2. The van der Waals surface area contributed by atoms with E-state index in [1.165, 1.54) is 25.7 Å². The van der Waals surface area contributed by atoms with Gasteiger partial charge in [0.05, 0.1) is 6.54 Å². The van der Waals surface area contributed by atoms with E-state index in [0.717, 1.165) is 22.3 Å². The Bertz CT molecular complexity index is 792. The van der Waals surface area contributed by atoms with Gasteiger partial charge in [-0.2, -0.15) is 0 Å². The maximum absolute atomic E-state index is 12.5. The van der Waals surface area contributed by atoms with Crippen molar-refractivity contribution in [2.24, 2.45) is 11.7 Å². The van der Waals surface area contributed by atoms with E-state index in [0.29, 0.717) is 18.9 Å². The Kier molecular flexibility index (Phi) is 6.40. The molecule has 0 aromatic heterocycles. The van der Waals surface area contributed by atoms with Crippen LogP contribution in [0.3, 0.4) is 0 Å². The summed E-state index contributed by atoms with van der Waals surface area (Å²) >= 11 is 0. The monoisotopic (exact) mass is 364 g/mol. The highest BCUT2D eigenvalue weighted by molar-refractivity contribution is 5.96. The van der Waals surface area contributed by atoms with Gasteiger partial charge in [-0.05, 0) is 28.7 Å². The number of hydrogen-bond acceptors (Lipinski definition) is 3. The van der Waals surface area contributed by atoms with E-state index in [2.05, 4.69) is 6.07 Å². The Labute approximate surface area is 161 Å². The average molecular weight is 364 g/mol. The fourth-order valence-corrected chi connectivity index (χ4v) is 3.81. The Balaban J connectivity index is 1.68. The molecule has 2 aromatic carbocycles. The predicted octanol–water partition coefficient (Wildman–Crippen LogP) is 4.03. The molecule has 27 heavy (non-hydrogen) atoms. The van der Waals surface area contributed by atoms with Crippen molar-refractivity contribution in [1.29, 1.82) is 0 Å². The van der Waals surface area contributed by atoms with Crippen molar-refractivity contribution in [3.05, 3.63) is 59.7 Å². The SMILES string of the molecule is CN(Cc1cccc(-c2ccc(C(=O)CC3CCCC3)cc2)c1)C(=O)CN. The number of nitrogens with two attached hydrogens (primary N) is 1. The zero-order valence-electron chi connectivity index (χ0n) is 16.0. The maximum Gasteiger partial charge on any atom is 0.236 e. The molecule has 2 N–H and O–H groups in total. The number of amides is 1. The first-order chi connectivity index (χ1) is 13.1. The number of rotatable bonds is 7. The molecule has 1 aliphatic carbocycles. The van der Waals surface area contributed by atoms with Crippen LogP contribution >= 0.6 is 0 Å². The van der Waals surface area contributed by atoms with Crippen LogP contribution in [-0.2, 0) is 11.3 Å². The van der Waals surface area contributed by atoms with Gasteiger partial charge >= 0.3 is 0 Å².